The van der Waals surface area contributed by atoms with Crippen LogP contribution in [0, 0.1) is 5.92 Å². The number of anilines is 2. The van der Waals surface area contributed by atoms with E-state index in [0.717, 1.165) is 12.8 Å². The first kappa shape index (κ1) is 21.6. The average Bonchev–Trinajstić information content (AvgIpc) is 2.88. The number of rotatable bonds is 6. The van der Waals surface area contributed by atoms with Crippen molar-refractivity contribution in [3.63, 3.8) is 0 Å². The summed E-state index contributed by atoms with van der Waals surface area (Å²) in [6.45, 7) is 4.77. The second kappa shape index (κ2) is 9.57. The third-order valence-electron chi connectivity index (χ3n) is 5.44. The Morgan fingerprint density at radius 3 is 2.33 bits per heavy atom. The standard InChI is InChI=1S/C24H29N3O3/c1-4-5-15-25(3)22(28)17-27-21-14-10-9-13-20(21)26(16-18(2)23(27)29)24(30)19-11-7-6-8-12-19/h6-14,18H,4-5,15-17H2,1-3H3. The van der Waals surface area contributed by atoms with E-state index in [1.54, 1.807) is 42.0 Å². The molecule has 0 saturated carbocycles. The summed E-state index contributed by atoms with van der Waals surface area (Å²) >= 11 is 0. The molecule has 1 unspecified atom stereocenters. The van der Waals surface area contributed by atoms with Crippen LogP contribution in [-0.4, -0.2) is 49.3 Å². The molecule has 3 rings (SSSR count). The fourth-order valence-corrected chi connectivity index (χ4v) is 3.62. The highest BCUT2D eigenvalue weighted by molar-refractivity contribution is 6.12. The first-order valence-electron chi connectivity index (χ1n) is 10.4. The summed E-state index contributed by atoms with van der Waals surface area (Å²) in [6, 6.07) is 16.4. The number of carbonyl (C=O) groups is 3. The molecule has 0 radical (unpaired) electrons. The molecular weight excluding hydrogens is 378 g/mol. The zero-order chi connectivity index (χ0) is 21.7. The van der Waals surface area contributed by atoms with Crippen LogP contribution in [0.3, 0.4) is 0 Å². The molecule has 3 amide bonds. The molecule has 1 heterocycles. The Bertz CT molecular complexity index is 913. The number of amides is 3. The quantitative estimate of drug-likeness (QED) is 0.735. The van der Waals surface area contributed by atoms with Crippen LogP contribution in [0.1, 0.15) is 37.0 Å². The molecule has 1 atom stereocenters. The van der Waals surface area contributed by atoms with Gasteiger partial charge in [0.1, 0.15) is 6.54 Å². The van der Waals surface area contributed by atoms with Crippen molar-refractivity contribution in [1.82, 2.24) is 4.90 Å². The third kappa shape index (κ3) is 4.53. The molecule has 6 heteroatoms. The van der Waals surface area contributed by atoms with Gasteiger partial charge in [-0.2, -0.15) is 0 Å². The molecule has 0 saturated heterocycles. The van der Waals surface area contributed by atoms with E-state index in [2.05, 4.69) is 6.92 Å². The van der Waals surface area contributed by atoms with Gasteiger partial charge >= 0.3 is 0 Å². The third-order valence-corrected chi connectivity index (χ3v) is 5.44. The first-order valence-corrected chi connectivity index (χ1v) is 10.4. The maximum Gasteiger partial charge on any atom is 0.258 e. The molecule has 0 fully saturated rings. The molecule has 1 aliphatic heterocycles. The van der Waals surface area contributed by atoms with Crippen LogP contribution < -0.4 is 9.80 Å². The SMILES string of the molecule is CCCCN(C)C(=O)CN1C(=O)C(C)CN(C(=O)c2ccccc2)c2ccccc21. The molecule has 2 aromatic carbocycles. The van der Waals surface area contributed by atoms with Crippen LogP contribution in [0.4, 0.5) is 11.4 Å². The van der Waals surface area contributed by atoms with Gasteiger partial charge in [0.15, 0.2) is 0 Å². The molecule has 0 spiro atoms. The van der Waals surface area contributed by atoms with Crippen molar-refractivity contribution in [3.8, 4) is 0 Å². The van der Waals surface area contributed by atoms with Crippen LogP contribution in [0.25, 0.3) is 0 Å². The summed E-state index contributed by atoms with van der Waals surface area (Å²) in [4.78, 5) is 44.1. The Kier molecular flexibility index (Phi) is 6.87. The van der Waals surface area contributed by atoms with Gasteiger partial charge in [-0.25, -0.2) is 0 Å². The van der Waals surface area contributed by atoms with Gasteiger partial charge in [0, 0.05) is 25.7 Å². The van der Waals surface area contributed by atoms with Gasteiger partial charge in [0.25, 0.3) is 5.91 Å². The number of carbonyl (C=O) groups excluding carboxylic acids is 3. The highest BCUT2D eigenvalue weighted by atomic mass is 16.2. The number of fused-ring (bicyclic) bond motifs is 1. The van der Waals surface area contributed by atoms with E-state index in [9.17, 15) is 14.4 Å². The Hall–Kier alpha value is -3.15. The van der Waals surface area contributed by atoms with Gasteiger partial charge in [-0.3, -0.25) is 14.4 Å². The molecule has 6 nitrogen and oxygen atoms in total. The monoisotopic (exact) mass is 407 g/mol. The number of likely N-dealkylation sites (N-methyl/N-ethyl adjacent to an activating group) is 1. The Balaban J connectivity index is 1.95. The predicted octanol–water partition coefficient (Wildman–Crippen LogP) is 3.57. The topological polar surface area (TPSA) is 60.9 Å². The van der Waals surface area contributed by atoms with E-state index in [1.165, 1.54) is 4.90 Å². The van der Waals surface area contributed by atoms with Gasteiger partial charge in [0.05, 0.1) is 17.3 Å². The zero-order valence-corrected chi connectivity index (χ0v) is 17.9. The minimum absolute atomic E-state index is 0.0340. The van der Waals surface area contributed by atoms with Crippen LogP contribution in [0.15, 0.2) is 54.6 Å². The molecule has 158 valence electrons. The summed E-state index contributed by atoms with van der Waals surface area (Å²) in [5.74, 6) is -0.848. The van der Waals surface area contributed by atoms with E-state index < -0.39 is 5.92 Å². The maximum absolute atomic E-state index is 13.2. The molecule has 30 heavy (non-hydrogen) atoms. The Labute approximate surface area is 178 Å². The minimum Gasteiger partial charge on any atom is -0.344 e. The van der Waals surface area contributed by atoms with E-state index >= 15 is 0 Å². The lowest BCUT2D eigenvalue weighted by Crippen LogP contribution is -2.44. The molecule has 0 aliphatic carbocycles. The summed E-state index contributed by atoms with van der Waals surface area (Å²) in [7, 11) is 1.76. The fourth-order valence-electron chi connectivity index (χ4n) is 3.62. The zero-order valence-electron chi connectivity index (χ0n) is 17.9. The lowest BCUT2D eigenvalue weighted by Gasteiger charge is -2.27. The van der Waals surface area contributed by atoms with Crippen molar-refractivity contribution in [2.75, 3.05) is 36.5 Å². The van der Waals surface area contributed by atoms with Crippen molar-refractivity contribution in [2.45, 2.75) is 26.7 Å². The summed E-state index contributed by atoms with van der Waals surface area (Å²) in [5.41, 5.74) is 1.80. The Morgan fingerprint density at radius 1 is 1.03 bits per heavy atom. The molecular formula is C24H29N3O3. The van der Waals surface area contributed by atoms with Crippen molar-refractivity contribution < 1.29 is 14.4 Å². The van der Waals surface area contributed by atoms with Gasteiger partial charge < -0.3 is 14.7 Å². The first-order chi connectivity index (χ1) is 14.4. The normalized spacial score (nSPS) is 16.1. The number of nitrogens with zero attached hydrogens (tertiary/aromatic N) is 3. The fraction of sp³-hybridized carbons (Fsp3) is 0.375. The molecule has 0 N–H and O–H groups in total. The summed E-state index contributed by atoms with van der Waals surface area (Å²) in [6.07, 6.45) is 1.92. The maximum atomic E-state index is 13.2. The lowest BCUT2D eigenvalue weighted by atomic mass is 10.1. The van der Waals surface area contributed by atoms with Crippen LogP contribution >= 0.6 is 0 Å². The van der Waals surface area contributed by atoms with Gasteiger partial charge in [-0.15, -0.1) is 0 Å². The average molecular weight is 408 g/mol. The van der Waals surface area contributed by atoms with Crippen molar-refractivity contribution in [1.29, 1.82) is 0 Å². The summed E-state index contributed by atoms with van der Waals surface area (Å²) < 4.78 is 0. The van der Waals surface area contributed by atoms with Crippen LogP contribution in [-0.2, 0) is 9.59 Å². The number of hydrogen-bond acceptors (Lipinski definition) is 3. The molecule has 0 bridgehead atoms. The van der Waals surface area contributed by atoms with Crippen LogP contribution in [0.5, 0.6) is 0 Å². The molecule has 0 aromatic heterocycles. The van der Waals surface area contributed by atoms with Crippen LogP contribution in [0.2, 0.25) is 0 Å². The van der Waals surface area contributed by atoms with Gasteiger partial charge in [0.2, 0.25) is 11.8 Å². The van der Waals surface area contributed by atoms with Gasteiger partial charge in [-0.05, 0) is 30.7 Å². The Morgan fingerprint density at radius 2 is 1.67 bits per heavy atom. The van der Waals surface area contributed by atoms with Crippen molar-refractivity contribution >= 4 is 29.1 Å². The smallest absolute Gasteiger partial charge is 0.258 e. The van der Waals surface area contributed by atoms with E-state index in [1.807, 2.05) is 36.4 Å². The van der Waals surface area contributed by atoms with E-state index in [0.29, 0.717) is 23.5 Å². The molecule has 2 aromatic rings. The number of para-hydroxylation sites is 2. The second-order valence-corrected chi connectivity index (χ2v) is 7.76. The van der Waals surface area contributed by atoms with E-state index in [-0.39, 0.29) is 30.8 Å². The van der Waals surface area contributed by atoms with Crippen molar-refractivity contribution in [2.24, 2.45) is 5.92 Å². The summed E-state index contributed by atoms with van der Waals surface area (Å²) in [5, 5.41) is 0. The number of unbranched alkanes of at least 4 members (excludes halogenated alkanes) is 1. The van der Waals surface area contributed by atoms with Gasteiger partial charge in [-0.1, -0.05) is 50.6 Å². The largest absolute Gasteiger partial charge is 0.344 e. The van der Waals surface area contributed by atoms with Crippen molar-refractivity contribution in [3.05, 3.63) is 60.2 Å². The number of hydrogen-bond donors (Lipinski definition) is 0. The van der Waals surface area contributed by atoms with E-state index in [4.69, 9.17) is 0 Å². The molecule has 1 aliphatic rings. The second-order valence-electron chi connectivity index (χ2n) is 7.76. The highest BCUT2D eigenvalue weighted by Crippen LogP contribution is 2.35. The predicted molar refractivity (Wildman–Crippen MR) is 119 cm³/mol. The number of benzene rings is 2. The minimum atomic E-state index is -0.432. The highest BCUT2D eigenvalue weighted by Gasteiger charge is 2.35. The lowest BCUT2D eigenvalue weighted by molar-refractivity contribution is -0.131.